The van der Waals surface area contributed by atoms with Crippen LogP contribution in [-0.4, -0.2) is 41.3 Å². The predicted molar refractivity (Wildman–Crippen MR) is 93.4 cm³/mol. The highest BCUT2D eigenvalue weighted by Gasteiger charge is 2.35. The predicted octanol–water partition coefficient (Wildman–Crippen LogP) is 2.80. The second-order valence-corrected chi connectivity index (χ2v) is 6.28. The molecular formula is C18H14F4N6O. The fourth-order valence-electron chi connectivity index (χ4n) is 2.90. The highest BCUT2D eigenvalue weighted by molar-refractivity contribution is 5.56. The molecule has 0 fully saturated rings. The number of H-pyrrole nitrogens is 1. The molecule has 4 rings (SSSR count). The lowest BCUT2D eigenvalue weighted by Gasteiger charge is -2.07. The van der Waals surface area contributed by atoms with Crippen molar-refractivity contribution in [1.29, 1.82) is 0 Å². The van der Waals surface area contributed by atoms with Crippen LogP contribution < -0.4 is 0 Å². The van der Waals surface area contributed by atoms with Crippen molar-refractivity contribution < 1.29 is 22.7 Å². The van der Waals surface area contributed by atoms with E-state index in [-0.39, 0.29) is 31.0 Å². The Hall–Kier alpha value is -3.34. The van der Waals surface area contributed by atoms with Gasteiger partial charge in [0.15, 0.2) is 5.65 Å². The Bertz CT molecular complexity index is 1170. The normalized spacial score (nSPS) is 12.0. The fraction of sp³-hybridized carbons (Fsp3) is 0.222. The number of halogens is 4. The van der Waals surface area contributed by atoms with Crippen LogP contribution in [0.3, 0.4) is 0 Å². The Kier molecular flexibility index (Phi) is 4.74. The van der Waals surface area contributed by atoms with Crippen LogP contribution in [0.4, 0.5) is 17.6 Å². The molecule has 0 aliphatic heterocycles. The Balaban J connectivity index is 1.83. The van der Waals surface area contributed by atoms with Crippen LogP contribution in [0.2, 0.25) is 0 Å². The van der Waals surface area contributed by atoms with Gasteiger partial charge in [-0.1, -0.05) is 18.2 Å². The number of rotatable bonds is 5. The minimum atomic E-state index is -4.67. The molecule has 0 saturated heterocycles. The maximum atomic E-state index is 14.1. The number of hydrogen-bond acceptors (Lipinski definition) is 5. The standard InChI is InChI=1S/C18H14F4N6O/c19-12-4-2-1-3-10(12)7-13-16-23-11(5-6-29)8-28(16)9-14(24-13)15-25-17(27-26-15)18(20,21)22/h1-4,8-9,29H,5-7H2,(H,25,26,27). The minimum absolute atomic E-state index is 0.0656. The quantitative estimate of drug-likeness (QED) is 0.498. The van der Waals surface area contributed by atoms with Crippen molar-refractivity contribution in [3.63, 3.8) is 0 Å². The van der Waals surface area contributed by atoms with Gasteiger partial charge >= 0.3 is 6.18 Å². The summed E-state index contributed by atoms with van der Waals surface area (Å²) >= 11 is 0. The molecule has 0 spiro atoms. The van der Waals surface area contributed by atoms with E-state index < -0.39 is 17.8 Å². The van der Waals surface area contributed by atoms with Gasteiger partial charge in [-0.15, -0.1) is 0 Å². The molecule has 0 bridgehead atoms. The number of aromatic amines is 1. The summed E-state index contributed by atoms with van der Waals surface area (Å²) in [5.74, 6) is -1.92. The van der Waals surface area contributed by atoms with Crippen molar-refractivity contribution in [2.45, 2.75) is 19.0 Å². The molecule has 150 valence electrons. The van der Waals surface area contributed by atoms with E-state index in [4.69, 9.17) is 5.11 Å². The van der Waals surface area contributed by atoms with E-state index in [1.165, 1.54) is 12.3 Å². The molecule has 0 saturated carbocycles. The third-order valence-electron chi connectivity index (χ3n) is 4.22. The van der Waals surface area contributed by atoms with Crippen LogP contribution >= 0.6 is 0 Å². The van der Waals surface area contributed by atoms with Crippen LogP contribution in [0, 0.1) is 5.82 Å². The average Bonchev–Trinajstić information content (AvgIpc) is 3.30. The summed E-state index contributed by atoms with van der Waals surface area (Å²) in [6.45, 7) is -0.122. The molecule has 0 aliphatic rings. The van der Waals surface area contributed by atoms with Gasteiger partial charge in [0.2, 0.25) is 11.6 Å². The van der Waals surface area contributed by atoms with Crippen LogP contribution in [-0.2, 0) is 19.0 Å². The molecule has 11 heteroatoms. The summed E-state index contributed by atoms with van der Waals surface area (Å²) in [6, 6.07) is 6.13. The zero-order valence-electron chi connectivity index (χ0n) is 14.8. The molecule has 0 amide bonds. The maximum absolute atomic E-state index is 14.1. The zero-order valence-corrected chi connectivity index (χ0v) is 14.8. The molecule has 1 aromatic carbocycles. The van der Waals surface area contributed by atoms with Crippen molar-refractivity contribution in [2.24, 2.45) is 0 Å². The Labute approximate surface area is 161 Å². The number of aliphatic hydroxyl groups excluding tert-OH is 1. The smallest absolute Gasteiger partial charge is 0.396 e. The van der Waals surface area contributed by atoms with Crippen LogP contribution in [0.25, 0.3) is 17.2 Å². The highest BCUT2D eigenvalue weighted by Crippen LogP contribution is 2.28. The van der Waals surface area contributed by atoms with Crippen molar-refractivity contribution >= 4 is 5.65 Å². The second kappa shape index (κ2) is 7.24. The molecular weight excluding hydrogens is 392 g/mol. The third kappa shape index (κ3) is 3.81. The van der Waals surface area contributed by atoms with Crippen LogP contribution in [0.15, 0.2) is 36.7 Å². The number of hydrogen-bond donors (Lipinski definition) is 2. The van der Waals surface area contributed by atoms with Gasteiger partial charge in [-0.3, -0.25) is 5.10 Å². The SMILES string of the molecule is OCCc1cn2cc(-c3n[nH]c(C(F)(F)F)n3)nc(Cc3ccccc3F)c2n1. The summed E-state index contributed by atoms with van der Waals surface area (Å²) in [7, 11) is 0. The number of aliphatic hydroxyl groups is 1. The van der Waals surface area contributed by atoms with E-state index in [2.05, 4.69) is 20.1 Å². The summed E-state index contributed by atoms with van der Waals surface area (Å²) in [5.41, 5.74) is 1.75. The lowest BCUT2D eigenvalue weighted by atomic mass is 10.1. The lowest BCUT2D eigenvalue weighted by molar-refractivity contribution is -0.144. The number of nitrogens with one attached hydrogen (secondary N) is 1. The number of fused-ring (bicyclic) bond motifs is 1. The molecule has 0 unspecified atom stereocenters. The summed E-state index contributed by atoms with van der Waals surface area (Å²) < 4.78 is 54.2. The molecule has 7 nitrogen and oxygen atoms in total. The van der Waals surface area contributed by atoms with E-state index in [9.17, 15) is 17.6 Å². The van der Waals surface area contributed by atoms with Crippen molar-refractivity contribution in [3.05, 3.63) is 65.3 Å². The summed E-state index contributed by atoms with van der Waals surface area (Å²) in [4.78, 5) is 12.2. The third-order valence-corrected chi connectivity index (χ3v) is 4.22. The Morgan fingerprint density at radius 2 is 1.86 bits per heavy atom. The molecule has 3 heterocycles. The first-order chi connectivity index (χ1) is 13.8. The van der Waals surface area contributed by atoms with Gasteiger partial charge in [0, 0.05) is 31.8 Å². The number of aromatic nitrogens is 6. The monoisotopic (exact) mass is 406 g/mol. The van der Waals surface area contributed by atoms with Gasteiger partial charge < -0.3 is 9.51 Å². The molecule has 0 atom stereocenters. The van der Waals surface area contributed by atoms with Gasteiger partial charge in [0.25, 0.3) is 0 Å². The first-order valence-corrected chi connectivity index (χ1v) is 8.57. The van der Waals surface area contributed by atoms with Crippen LogP contribution in [0.1, 0.15) is 22.8 Å². The van der Waals surface area contributed by atoms with E-state index in [0.717, 1.165) is 0 Å². The number of nitrogens with zero attached hydrogens (tertiary/aromatic N) is 5. The molecule has 2 N–H and O–H groups in total. The van der Waals surface area contributed by atoms with E-state index >= 15 is 0 Å². The second-order valence-electron chi connectivity index (χ2n) is 6.28. The number of benzene rings is 1. The molecule has 0 aliphatic carbocycles. The first-order valence-electron chi connectivity index (χ1n) is 8.57. The molecule has 4 aromatic rings. The number of alkyl halides is 3. The van der Waals surface area contributed by atoms with E-state index in [1.807, 2.05) is 5.10 Å². The van der Waals surface area contributed by atoms with E-state index in [0.29, 0.717) is 22.6 Å². The van der Waals surface area contributed by atoms with Gasteiger partial charge in [-0.25, -0.2) is 19.3 Å². The Morgan fingerprint density at radius 1 is 1.07 bits per heavy atom. The van der Waals surface area contributed by atoms with Crippen molar-refractivity contribution in [1.82, 2.24) is 29.5 Å². The van der Waals surface area contributed by atoms with Crippen molar-refractivity contribution in [2.75, 3.05) is 6.61 Å². The average molecular weight is 406 g/mol. The highest BCUT2D eigenvalue weighted by atomic mass is 19.4. The molecule has 0 radical (unpaired) electrons. The minimum Gasteiger partial charge on any atom is -0.396 e. The van der Waals surface area contributed by atoms with Crippen molar-refractivity contribution in [3.8, 4) is 11.5 Å². The Morgan fingerprint density at radius 3 is 2.55 bits per heavy atom. The molecule has 3 aromatic heterocycles. The molecule has 29 heavy (non-hydrogen) atoms. The van der Waals surface area contributed by atoms with Gasteiger partial charge in [-0.05, 0) is 11.6 Å². The summed E-state index contributed by atoms with van der Waals surface area (Å²) in [5, 5.41) is 14.6. The topological polar surface area (TPSA) is 92.0 Å². The first kappa shape index (κ1) is 19.0. The van der Waals surface area contributed by atoms with Crippen LogP contribution in [0.5, 0.6) is 0 Å². The van der Waals surface area contributed by atoms with Gasteiger partial charge in [0.05, 0.1) is 11.4 Å². The zero-order chi connectivity index (χ0) is 20.6. The lowest BCUT2D eigenvalue weighted by Crippen LogP contribution is -2.07. The number of imidazole rings is 1. The largest absolute Gasteiger partial charge is 0.451 e. The van der Waals surface area contributed by atoms with Gasteiger partial charge in [-0.2, -0.15) is 18.3 Å². The van der Waals surface area contributed by atoms with Gasteiger partial charge in [0.1, 0.15) is 11.5 Å². The van der Waals surface area contributed by atoms with E-state index in [1.54, 1.807) is 28.8 Å². The summed E-state index contributed by atoms with van der Waals surface area (Å²) in [6.07, 6.45) is -1.25. The maximum Gasteiger partial charge on any atom is 0.451 e. The fourth-order valence-corrected chi connectivity index (χ4v) is 2.90.